The van der Waals surface area contributed by atoms with E-state index < -0.39 is 0 Å². The molecule has 1 saturated carbocycles. The van der Waals surface area contributed by atoms with Crippen LogP contribution < -0.4 is 5.73 Å². The van der Waals surface area contributed by atoms with Crippen LogP contribution in [0.2, 0.25) is 0 Å². The van der Waals surface area contributed by atoms with Crippen molar-refractivity contribution in [2.24, 2.45) is 11.7 Å². The van der Waals surface area contributed by atoms with Gasteiger partial charge in [-0.2, -0.15) is 0 Å². The SMILES string of the molecule is CN(CC1CCC1)C(CCN)c1ccccc1. The standard InChI is InChI=1S/C15H24N2/c1-17(12-13-6-5-7-13)15(10-11-16)14-8-3-2-4-9-14/h2-4,8-9,13,15H,5-7,10-12,16H2,1H3. The van der Waals surface area contributed by atoms with Crippen molar-refractivity contribution in [3.63, 3.8) is 0 Å². The Morgan fingerprint density at radius 2 is 2.00 bits per heavy atom. The van der Waals surface area contributed by atoms with Crippen molar-refractivity contribution in [1.29, 1.82) is 0 Å². The largest absolute Gasteiger partial charge is 0.330 e. The highest BCUT2D eigenvalue weighted by Gasteiger charge is 2.23. The lowest BCUT2D eigenvalue weighted by molar-refractivity contribution is 0.157. The van der Waals surface area contributed by atoms with Crippen molar-refractivity contribution < 1.29 is 0 Å². The van der Waals surface area contributed by atoms with Gasteiger partial charge in [-0.15, -0.1) is 0 Å². The van der Waals surface area contributed by atoms with Gasteiger partial charge >= 0.3 is 0 Å². The number of nitrogens with two attached hydrogens (primary N) is 1. The van der Waals surface area contributed by atoms with Gasteiger partial charge in [-0.05, 0) is 44.3 Å². The highest BCUT2D eigenvalue weighted by Crippen LogP contribution is 2.30. The number of rotatable bonds is 6. The average Bonchev–Trinajstić information content (AvgIpc) is 2.31. The fourth-order valence-corrected chi connectivity index (χ4v) is 2.68. The fourth-order valence-electron chi connectivity index (χ4n) is 2.68. The maximum Gasteiger partial charge on any atom is 0.0357 e. The summed E-state index contributed by atoms with van der Waals surface area (Å²) in [5.74, 6) is 0.920. The molecular formula is C15H24N2. The van der Waals surface area contributed by atoms with Crippen molar-refractivity contribution >= 4 is 0 Å². The summed E-state index contributed by atoms with van der Waals surface area (Å²) in [4.78, 5) is 2.49. The van der Waals surface area contributed by atoms with Gasteiger partial charge in [-0.3, -0.25) is 4.90 Å². The molecule has 1 aromatic rings. The van der Waals surface area contributed by atoms with Gasteiger partial charge in [0.05, 0.1) is 0 Å². The summed E-state index contributed by atoms with van der Waals surface area (Å²) in [7, 11) is 2.24. The molecule has 2 N–H and O–H groups in total. The van der Waals surface area contributed by atoms with Crippen LogP contribution in [-0.4, -0.2) is 25.0 Å². The van der Waals surface area contributed by atoms with Gasteiger partial charge in [0.1, 0.15) is 0 Å². The van der Waals surface area contributed by atoms with Crippen LogP contribution in [-0.2, 0) is 0 Å². The third kappa shape index (κ3) is 3.30. The molecule has 2 rings (SSSR count). The van der Waals surface area contributed by atoms with Crippen molar-refractivity contribution in [3.8, 4) is 0 Å². The normalized spacial score (nSPS) is 18.1. The van der Waals surface area contributed by atoms with Gasteiger partial charge in [0.25, 0.3) is 0 Å². The molecule has 2 heteroatoms. The third-order valence-corrected chi connectivity index (χ3v) is 3.93. The smallest absolute Gasteiger partial charge is 0.0357 e. The second-order valence-corrected chi connectivity index (χ2v) is 5.24. The lowest BCUT2D eigenvalue weighted by atomic mass is 9.84. The Morgan fingerprint density at radius 3 is 2.53 bits per heavy atom. The Kier molecular flexibility index (Phi) is 4.57. The van der Waals surface area contributed by atoms with Gasteiger partial charge in [0.15, 0.2) is 0 Å². The molecule has 0 saturated heterocycles. The summed E-state index contributed by atoms with van der Waals surface area (Å²) in [6.07, 6.45) is 5.29. The van der Waals surface area contributed by atoms with E-state index in [0.717, 1.165) is 18.9 Å². The maximum atomic E-state index is 5.76. The van der Waals surface area contributed by atoms with Gasteiger partial charge in [0, 0.05) is 12.6 Å². The fraction of sp³-hybridized carbons (Fsp3) is 0.600. The Bertz CT molecular complexity index is 319. The van der Waals surface area contributed by atoms with E-state index in [9.17, 15) is 0 Å². The number of hydrogen-bond donors (Lipinski definition) is 1. The van der Waals surface area contributed by atoms with Crippen LogP contribution in [0.15, 0.2) is 30.3 Å². The zero-order valence-corrected chi connectivity index (χ0v) is 10.8. The van der Waals surface area contributed by atoms with E-state index in [1.54, 1.807) is 0 Å². The summed E-state index contributed by atoms with van der Waals surface area (Å²) in [6, 6.07) is 11.2. The zero-order valence-electron chi connectivity index (χ0n) is 10.8. The number of benzene rings is 1. The molecule has 0 spiro atoms. The van der Waals surface area contributed by atoms with E-state index in [4.69, 9.17) is 5.73 Å². The van der Waals surface area contributed by atoms with Crippen LogP contribution in [0.5, 0.6) is 0 Å². The minimum Gasteiger partial charge on any atom is -0.330 e. The van der Waals surface area contributed by atoms with Crippen molar-refractivity contribution in [2.45, 2.75) is 31.7 Å². The van der Waals surface area contributed by atoms with Gasteiger partial charge in [-0.1, -0.05) is 36.8 Å². The Balaban J connectivity index is 2.00. The van der Waals surface area contributed by atoms with E-state index >= 15 is 0 Å². The Labute approximate surface area is 105 Å². The summed E-state index contributed by atoms with van der Waals surface area (Å²) < 4.78 is 0. The second kappa shape index (κ2) is 6.18. The summed E-state index contributed by atoms with van der Waals surface area (Å²) >= 11 is 0. The molecular weight excluding hydrogens is 208 g/mol. The van der Waals surface area contributed by atoms with Gasteiger partial charge < -0.3 is 5.73 Å². The molecule has 1 aliphatic carbocycles. The van der Waals surface area contributed by atoms with Crippen molar-refractivity contribution in [2.75, 3.05) is 20.1 Å². The first-order valence-corrected chi connectivity index (χ1v) is 6.76. The molecule has 0 aliphatic heterocycles. The Morgan fingerprint density at radius 1 is 1.29 bits per heavy atom. The third-order valence-electron chi connectivity index (χ3n) is 3.93. The first-order valence-electron chi connectivity index (χ1n) is 6.76. The molecule has 1 fully saturated rings. The number of hydrogen-bond acceptors (Lipinski definition) is 2. The molecule has 1 unspecified atom stereocenters. The maximum absolute atomic E-state index is 5.76. The van der Waals surface area contributed by atoms with E-state index in [0.29, 0.717) is 6.04 Å². The molecule has 1 atom stereocenters. The zero-order chi connectivity index (χ0) is 12.1. The van der Waals surface area contributed by atoms with Crippen LogP contribution in [0, 0.1) is 5.92 Å². The van der Waals surface area contributed by atoms with E-state index in [-0.39, 0.29) is 0 Å². The van der Waals surface area contributed by atoms with Crippen LogP contribution in [0.4, 0.5) is 0 Å². The lowest BCUT2D eigenvalue weighted by Gasteiger charge is -2.35. The molecule has 0 amide bonds. The monoisotopic (exact) mass is 232 g/mol. The molecule has 0 heterocycles. The second-order valence-electron chi connectivity index (χ2n) is 5.24. The average molecular weight is 232 g/mol. The topological polar surface area (TPSA) is 29.3 Å². The Hall–Kier alpha value is -0.860. The molecule has 94 valence electrons. The molecule has 1 aromatic carbocycles. The summed E-state index contributed by atoms with van der Waals surface area (Å²) in [6.45, 7) is 1.98. The minimum absolute atomic E-state index is 0.488. The molecule has 0 aromatic heterocycles. The highest BCUT2D eigenvalue weighted by atomic mass is 15.1. The van der Waals surface area contributed by atoms with E-state index in [1.165, 1.54) is 31.4 Å². The van der Waals surface area contributed by atoms with E-state index in [1.807, 2.05) is 0 Å². The molecule has 0 bridgehead atoms. The van der Waals surface area contributed by atoms with Crippen LogP contribution in [0.3, 0.4) is 0 Å². The lowest BCUT2D eigenvalue weighted by Crippen LogP contribution is -2.33. The number of nitrogens with zero attached hydrogens (tertiary/aromatic N) is 1. The molecule has 2 nitrogen and oxygen atoms in total. The van der Waals surface area contributed by atoms with E-state index in [2.05, 4.69) is 42.3 Å². The van der Waals surface area contributed by atoms with Crippen molar-refractivity contribution in [3.05, 3.63) is 35.9 Å². The molecule has 1 aliphatic rings. The summed E-state index contributed by atoms with van der Waals surface area (Å²) in [5, 5.41) is 0. The predicted octanol–water partition coefficient (Wildman–Crippen LogP) is 2.81. The first-order chi connectivity index (χ1) is 8.31. The van der Waals surface area contributed by atoms with Gasteiger partial charge in [0.2, 0.25) is 0 Å². The quantitative estimate of drug-likeness (QED) is 0.817. The van der Waals surface area contributed by atoms with Crippen molar-refractivity contribution in [1.82, 2.24) is 4.90 Å². The van der Waals surface area contributed by atoms with Crippen LogP contribution in [0.1, 0.15) is 37.3 Å². The predicted molar refractivity (Wildman–Crippen MR) is 72.8 cm³/mol. The first kappa shape index (κ1) is 12.6. The summed E-state index contributed by atoms with van der Waals surface area (Å²) in [5.41, 5.74) is 7.16. The van der Waals surface area contributed by atoms with Crippen LogP contribution in [0.25, 0.3) is 0 Å². The van der Waals surface area contributed by atoms with Crippen LogP contribution >= 0.6 is 0 Å². The highest BCUT2D eigenvalue weighted by molar-refractivity contribution is 5.19. The van der Waals surface area contributed by atoms with Gasteiger partial charge in [-0.25, -0.2) is 0 Å². The molecule has 17 heavy (non-hydrogen) atoms. The minimum atomic E-state index is 0.488. The molecule has 0 radical (unpaired) electrons.